The van der Waals surface area contributed by atoms with Gasteiger partial charge >= 0.3 is 0 Å². The first-order chi connectivity index (χ1) is 8.20. The highest BCUT2D eigenvalue weighted by Crippen LogP contribution is 2.31. The molecule has 2 rings (SSSR count). The van der Waals surface area contributed by atoms with E-state index in [4.69, 9.17) is 27.9 Å². The van der Waals surface area contributed by atoms with E-state index >= 15 is 0 Å². The van der Waals surface area contributed by atoms with Crippen molar-refractivity contribution in [2.45, 2.75) is 38.3 Å². The summed E-state index contributed by atoms with van der Waals surface area (Å²) in [6.45, 7) is 2.97. The summed E-state index contributed by atoms with van der Waals surface area (Å²) in [5, 5.41) is 4.66. The number of hydrogen-bond donors (Lipinski definition) is 1. The largest absolute Gasteiger partial charge is 0.381 e. The zero-order chi connectivity index (χ0) is 12.3. The number of rotatable bonds is 3. The van der Waals surface area contributed by atoms with Gasteiger partial charge in [0.05, 0.1) is 21.8 Å². The molecule has 1 heterocycles. The second-order valence-corrected chi connectivity index (χ2v) is 5.15. The number of benzene rings is 1. The molecule has 0 aromatic heterocycles. The van der Waals surface area contributed by atoms with E-state index in [0.29, 0.717) is 22.2 Å². The monoisotopic (exact) mass is 273 g/mol. The molecule has 1 fully saturated rings. The molecule has 17 heavy (non-hydrogen) atoms. The summed E-state index contributed by atoms with van der Waals surface area (Å²) in [7, 11) is 0. The number of halogens is 2. The fraction of sp³-hybridized carbons (Fsp3) is 0.538. The minimum atomic E-state index is 0.360. The lowest BCUT2D eigenvalue weighted by Crippen LogP contribution is -2.33. The second kappa shape index (κ2) is 5.94. The van der Waals surface area contributed by atoms with Gasteiger partial charge in [-0.2, -0.15) is 0 Å². The van der Waals surface area contributed by atoms with Crippen LogP contribution in [0.2, 0.25) is 10.0 Å². The van der Waals surface area contributed by atoms with E-state index < -0.39 is 0 Å². The maximum Gasteiger partial charge on any atom is 0.0823 e. The molecule has 0 bridgehead atoms. The quantitative estimate of drug-likeness (QED) is 0.884. The van der Waals surface area contributed by atoms with Crippen molar-refractivity contribution in [2.75, 3.05) is 11.9 Å². The molecule has 2 unspecified atom stereocenters. The van der Waals surface area contributed by atoms with Crippen LogP contribution in [0.3, 0.4) is 0 Å². The minimum absolute atomic E-state index is 0.360. The maximum absolute atomic E-state index is 6.16. The summed E-state index contributed by atoms with van der Waals surface area (Å²) >= 11 is 12.1. The average molecular weight is 274 g/mol. The summed E-state index contributed by atoms with van der Waals surface area (Å²) in [4.78, 5) is 0. The van der Waals surface area contributed by atoms with Crippen LogP contribution in [-0.2, 0) is 4.74 Å². The minimum Gasteiger partial charge on any atom is -0.381 e. The fourth-order valence-corrected chi connectivity index (χ4v) is 2.49. The first kappa shape index (κ1) is 13.0. The molecule has 1 aliphatic rings. The van der Waals surface area contributed by atoms with Gasteiger partial charge in [0.2, 0.25) is 0 Å². The van der Waals surface area contributed by atoms with Crippen molar-refractivity contribution in [3.05, 3.63) is 28.2 Å². The number of nitrogens with one attached hydrogen (secondary N) is 1. The zero-order valence-corrected chi connectivity index (χ0v) is 11.4. The molecule has 2 nitrogen and oxygen atoms in total. The molecule has 2 atom stereocenters. The molecule has 1 saturated heterocycles. The Kier molecular flexibility index (Phi) is 4.55. The van der Waals surface area contributed by atoms with Crippen molar-refractivity contribution in [3.63, 3.8) is 0 Å². The van der Waals surface area contributed by atoms with Gasteiger partial charge in [-0.25, -0.2) is 0 Å². The van der Waals surface area contributed by atoms with Gasteiger partial charge in [0.1, 0.15) is 0 Å². The molecular formula is C13H17Cl2NO. The number of anilines is 1. The Bertz CT molecular complexity index is 384. The Balaban J connectivity index is 2.02. The molecule has 1 N–H and O–H groups in total. The summed E-state index contributed by atoms with van der Waals surface area (Å²) in [5.41, 5.74) is 0.918. The van der Waals surface area contributed by atoms with E-state index in [1.807, 2.05) is 12.1 Å². The second-order valence-electron chi connectivity index (χ2n) is 4.37. The summed E-state index contributed by atoms with van der Waals surface area (Å²) in [6, 6.07) is 6.09. The van der Waals surface area contributed by atoms with Crippen LogP contribution < -0.4 is 5.32 Å². The molecule has 4 heteroatoms. The Hall–Kier alpha value is -0.440. The molecule has 0 spiro atoms. The third kappa shape index (κ3) is 3.27. The Morgan fingerprint density at radius 3 is 3.00 bits per heavy atom. The normalized spacial score (nSPS) is 24.6. The molecule has 0 radical (unpaired) electrons. The zero-order valence-electron chi connectivity index (χ0n) is 9.88. The van der Waals surface area contributed by atoms with Gasteiger partial charge in [-0.15, -0.1) is 0 Å². The van der Waals surface area contributed by atoms with Gasteiger partial charge in [0.15, 0.2) is 0 Å². The van der Waals surface area contributed by atoms with Crippen LogP contribution >= 0.6 is 23.2 Å². The lowest BCUT2D eigenvalue weighted by molar-refractivity contribution is 0.00926. The first-order valence-corrected chi connectivity index (χ1v) is 6.78. The highest BCUT2D eigenvalue weighted by Gasteiger charge is 2.21. The smallest absolute Gasteiger partial charge is 0.0823 e. The van der Waals surface area contributed by atoms with Gasteiger partial charge in [0, 0.05) is 12.6 Å². The maximum atomic E-state index is 6.16. The summed E-state index contributed by atoms with van der Waals surface area (Å²) in [5.74, 6) is 0. The molecule has 0 amide bonds. The third-order valence-electron chi connectivity index (χ3n) is 3.13. The van der Waals surface area contributed by atoms with Crippen LogP contribution in [0.15, 0.2) is 18.2 Å². The lowest BCUT2D eigenvalue weighted by atomic mass is 10.0. The Labute approximate surface area is 112 Å². The molecule has 0 aliphatic carbocycles. The van der Waals surface area contributed by atoms with Crippen molar-refractivity contribution in [2.24, 2.45) is 0 Å². The summed E-state index contributed by atoms with van der Waals surface area (Å²) < 4.78 is 5.65. The molecule has 0 saturated carbocycles. The van der Waals surface area contributed by atoms with Crippen molar-refractivity contribution >= 4 is 28.9 Å². The SMILES string of the molecule is CCC1CC(Nc2cccc(Cl)c2Cl)CCO1. The van der Waals surface area contributed by atoms with E-state index in [2.05, 4.69) is 12.2 Å². The molecule has 1 aromatic carbocycles. The highest BCUT2D eigenvalue weighted by atomic mass is 35.5. The topological polar surface area (TPSA) is 21.3 Å². The standard InChI is InChI=1S/C13H17Cl2NO/c1-2-10-8-9(6-7-17-10)16-12-5-3-4-11(14)13(12)15/h3-5,9-10,16H,2,6-8H2,1H3. The lowest BCUT2D eigenvalue weighted by Gasteiger charge is -2.30. The fourth-order valence-electron chi connectivity index (χ4n) is 2.13. The van der Waals surface area contributed by atoms with Gasteiger partial charge in [-0.05, 0) is 31.4 Å². The van der Waals surface area contributed by atoms with E-state index in [1.165, 1.54) is 0 Å². The highest BCUT2D eigenvalue weighted by molar-refractivity contribution is 6.43. The van der Waals surface area contributed by atoms with Gasteiger partial charge < -0.3 is 10.1 Å². The summed E-state index contributed by atoms with van der Waals surface area (Å²) in [6.07, 6.45) is 3.46. The van der Waals surface area contributed by atoms with E-state index in [0.717, 1.165) is 31.6 Å². The van der Waals surface area contributed by atoms with Crippen molar-refractivity contribution in [1.29, 1.82) is 0 Å². The Morgan fingerprint density at radius 1 is 1.41 bits per heavy atom. The van der Waals surface area contributed by atoms with E-state index in [9.17, 15) is 0 Å². The number of ether oxygens (including phenoxy) is 1. The van der Waals surface area contributed by atoms with Crippen LogP contribution in [0, 0.1) is 0 Å². The number of hydrogen-bond acceptors (Lipinski definition) is 2. The molecule has 1 aliphatic heterocycles. The molecular weight excluding hydrogens is 257 g/mol. The van der Waals surface area contributed by atoms with E-state index in [1.54, 1.807) is 6.07 Å². The van der Waals surface area contributed by atoms with E-state index in [-0.39, 0.29) is 0 Å². The predicted octanol–water partition coefficient (Wildman–Crippen LogP) is 4.36. The predicted molar refractivity (Wildman–Crippen MR) is 73.1 cm³/mol. The third-order valence-corrected chi connectivity index (χ3v) is 3.95. The average Bonchev–Trinajstić information content (AvgIpc) is 2.35. The molecule has 1 aromatic rings. The van der Waals surface area contributed by atoms with Crippen molar-refractivity contribution < 1.29 is 4.74 Å². The van der Waals surface area contributed by atoms with Crippen molar-refractivity contribution in [1.82, 2.24) is 0 Å². The van der Waals surface area contributed by atoms with Gasteiger partial charge in [0.25, 0.3) is 0 Å². The van der Waals surface area contributed by atoms with Crippen molar-refractivity contribution in [3.8, 4) is 0 Å². The molecule has 94 valence electrons. The van der Waals surface area contributed by atoms with Crippen LogP contribution in [0.5, 0.6) is 0 Å². The Morgan fingerprint density at radius 2 is 2.24 bits per heavy atom. The van der Waals surface area contributed by atoms with Crippen LogP contribution in [0.25, 0.3) is 0 Å². The van der Waals surface area contributed by atoms with Crippen LogP contribution in [0.4, 0.5) is 5.69 Å². The van der Waals surface area contributed by atoms with Gasteiger partial charge in [-0.3, -0.25) is 0 Å². The van der Waals surface area contributed by atoms with Crippen LogP contribution in [-0.4, -0.2) is 18.8 Å². The van der Waals surface area contributed by atoms with Crippen LogP contribution in [0.1, 0.15) is 26.2 Å². The van der Waals surface area contributed by atoms with Gasteiger partial charge in [-0.1, -0.05) is 36.2 Å². The first-order valence-electron chi connectivity index (χ1n) is 6.03.